The summed E-state index contributed by atoms with van der Waals surface area (Å²) in [4.78, 5) is 23.6. The fourth-order valence-electron chi connectivity index (χ4n) is 2.15. The zero-order valence-electron chi connectivity index (χ0n) is 11.5. The lowest BCUT2D eigenvalue weighted by Gasteiger charge is -2.20. The van der Waals surface area contributed by atoms with Crippen molar-refractivity contribution < 1.29 is 14.7 Å². The van der Waals surface area contributed by atoms with Gasteiger partial charge in [0, 0.05) is 13.5 Å². The Hall–Kier alpha value is -1.68. The summed E-state index contributed by atoms with van der Waals surface area (Å²) in [6, 6.07) is 9.39. The largest absolute Gasteiger partial charge is 0.392 e. The molecule has 1 unspecified atom stereocenters. The molecule has 0 saturated carbocycles. The zero-order valence-corrected chi connectivity index (χ0v) is 11.5. The maximum Gasteiger partial charge on any atom is 0.220 e. The Morgan fingerprint density at radius 2 is 1.89 bits per heavy atom. The number of likely N-dealkylation sites (tertiary alicyclic amines) is 1. The van der Waals surface area contributed by atoms with Gasteiger partial charge in [0.05, 0.1) is 12.6 Å². The molecule has 1 heterocycles. The summed E-state index contributed by atoms with van der Waals surface area (Å²) in [5, 5.41) is 8.54. The molecule has 4 nitrogen and oxygen atoms in total. The predicted molar refractivity (Wildman–Crippen MR) is 73.5 cm³/mol. The SMILES string of the molecule is CC(=O)C1CCCN1C(C)=O.OCc1ccccc1. The van der Waals surface area contributed by atoms with Crippen LogP contribution >= 0.6 is 0 Å². The van der Waals surface area contributed by atoms with Gasteiger partial charge in [0.15, 0.2) is 5.78 Å². The highest BCUT2D eigenvalue weighted by Gasteiger charge is 2.29. The molecule has 1 fully saturated rings. The zero-order chi connectivity index (χ0) is 14.3. The van der Waals surface area contributed by atoms with Crippen molar-refractivity contribution >= 4 is 11.7 Å². The molecular weight excluding hydrogens is 242 g/mol. The Balaban J connectivity index is 0.000000200. The van der Waals surface area contributed by atoms with Crippen molar-refractivity contribution in [1.82, 2.24) is 4.90 Å². The third kappa shape index (κ3) is 4.83. The van der Waals surface area contributed by atoms with Crippen LogP contribution < -0.4 is 0 Å². The average molecular weight is 263 g/mol. The van der Waals surface area contributed by atoms with Gasteiger partial charge < -0.3 is 10.0 Å². The third-order valence-corrected chi connectivity index (χ3v) is 3.15. The summed E-state index contributed by atoms with van der Waals surface area (Å²) in [6.07, 6.45) is 1.80. The maximum atomic E-state index is 11.0. The molecule has 0 aliphatic carbocycles. The highest BCUT2D eigenvalue weighted by molar-refractivity contribution is 5.87. The molecule has 0 aromatic heterocycles. The van der Waals surface area contributed by atoms with Crippen LogP contribution in [0.1, 0.15) is 32.3 Å². The number of hydrogen-bond acceptors (Lipinski definition) is 3. The van der Waals surface area contributed by atoms with Gasteiger partial charge in [0.2, 0.25) is 5.91 Å². The molecule has 1 aromatic carbocycles. The van der Waals surface area contributed by atoms with E-state index >= 15 is 0 Å². The molecule has 1 amide bonds. The lowest BCUT2D eigenvalue weighted by Crippen LogP contribution is -2.37. The van der Waals surface area contributed by atoms with E-state index in [2.05, 4.69) is 0 Å². The van der Waals surface area contributed by atoms with E-state index in [0.29, 0.717) is 0 Å². The number of carbonyl (C=O) groups is 2. The standard InChI is InChI=1S/C8H13NO2.C7H8O/c1-6(10)8-4-3-5-9(8)7(2)11;8-6-7-4-2-1-3-5-7/h8H,3-5H2,1-2H3;1-5,8H,6H2. The molecule has 1 aliphatic rings. The van der Waals surface area contributed by atoms with E-state index in [0.717, 1.165) is 24.9 Å². The first-order chi connectivity index (χ1) is 9.06. The van der Waals surface area contributed by atoms with E-state index in [1.165, 1.54) is 6.92 Å². The Morgan fingerprint density at radius 3 is 2.26 bits per heavy atom. The van der Waals surface area contributed by atoms with Crippen LogP contribution in [-0.2, 0) is 16.2 Å². The second-order valence-electron chi connectivity index (χ2n) is 4.62. The number of benzene rings is 1. The molecular formula is C15H21NO3. The molecule has 0 radical (unpaired) electrons. The summed E-state index contributed by atoms with van der Waals surface area (Å²) in [6.45, 7) is 3.95. The molecule has 1 atom stereocenters. The van der Waals surface area contributed by atoms with Crippen molar-refractivity contribution in [3.05, 3.63) is 35.9 Å². The van der Waals surface area contributed by atoms with E-state index in [1.807, 2.05) is 30.3 Å². The minimum absolute atomic E-state index is 0.0164. The van der Waals surface area contributed by atoms with Crippen LogP contribution in [-0.4, -0.2) is 34.3 Å². The van der Waals surface area contributed by atoms with Gasteiger partial charge >= 0.3 is 0 Å². The molecule has 1 N–H and O–H groups in total. The first-order valence-corrected chi connectivity index (χ1v) is 6.48. The molecule has 19 heavy (non-hydrogen) atoms. The van der Waals surface area contributed by atoms with Gasteiger partial charge in [-0.25, -0.2) is 0 Å². The topological polar surface area (TPSA) is 57.6 Å². The molecule has 2 rings (SSSR count). The van der Waals surface area contributed by atoms with Crippen LogP contribution in [0.3, 0.4) is 0 Å². The Labute approximate surface area is 114 Å². The summed E-state index contributed by atoms with van der Waals surface area (Å²) < 4.78 is 0. The number of carbonyl (C=O) groups excluding carboxylic acids is 2. The molecule has 1 saturated heterocycles. The lowest BCUT2D eigenvalue weighted by molar-refractivity contribution is -0.135. The Morgan fingerprint density at radius 1 is 1.26 bits per heavy atom. The number of ketones is 1. The summed E-state index contributed by atoms with van der Waals surface area (Å²) >= 11 is 0. The monoisotopic (exact) mass is 263 g/mol. The van der Waals surface area contributed by atoms with Gasteiger partial charge in [0.1, 0.15) is 0 Å². The van der Waals surface area contributed by atoms with Crippen LogP contribution in [0, 0.1) is 0 Å². The average Bonchev–Trinajstić information content (AvgIpc) is 2.90. The molecule has 1 aromatic rings. The number of aliphatic hydroxyl groups is 1. The van der Waals surface area contributed by atoms with E-state index in [4.69, 9.17) is 5.11 Å². The third-order valence-electron chi connectivity index (χ3n) is 3.15. The van der Waals surface area contributed by atoms with Crippen LogP contribution in [0.4, 0.5) is 0 Å². The van der Waals surface area contributed by atoms with Crippen molar-refractivity contribution in [2.24, 2.45) is 0 Å². The van der Waals surface area contributed by atoms with Crippen LogP contribution in [0.25, 0.3) is 0 Å². The van der Waals surface area contributed by atoms with Crippen molar-refractivity contribution in [1.29, 1.82) is 0 Å². The first-order valence-electron chi connectivity index (χ1n) is 6.48. The molecule has 4 heteroatoms. The van der Waals surface area contributed by atoms with E-state index in [-0.39, 0.29) is 24.3 Å². The smallest absolute Gasteiger partial charge is 0.220 e. The van der Waals surface area contributed by atoms with Gasteiger partial charge in [-0.15, -0.1) is 0 Å². The maximum absolute atomic E-state index is 11.0. The molecule has 0 bridgehead atoms. The number of nitrogens with zero attached hydrogens (tertiary/aromatic N) is 1. The summed E-state index contributed by atoms with van der Waals surface area (Å²) in [7, 11) is 0. The Bertz CT molecular complexity index is 397. The first kappa shape index (κ1) is 15.4. The van der Waals surface area contributed by atoms with E-state index in [1.54, 1.807) is 11.8 Å². The Kier molecular flexibility index (Phi) is 6.22. The molecule has 104 valence electrons. The van der Waals surface area contributed by atoms with Crippen LogP contribution in [0.2, 0.25) is 0 Å². The van der Waals surface area contributed by atoms with Crippen molar-refractivity contribution in [3.63, 3.8) is 0 Å². The van der Waals surface area contributed by atoms with Crippen molar-refractivity contribution in [3.8, 4) is 0 Å². The van der Waals surface area contributed by atoms with Gasteiger partial charge in [-0.05, 0) is 25.3 Å². The minimum atomic E-state index is -0.132. The molecule has 1 aliphatic heterocycles. The quantitative estimate of drug-likeness (QED) is 0.884. The van der Waals surface area contributed by atoms with Gasteiger partial charge in [-0.3, -0.25) is 9.59 Å². The predicted octanol–water partition coefficient (Wildman–Crippen LogP) is 1.77. The van der Waals surface area contributed by atoms with E-state index in [9.17, 15) is 9.59 Å². The fourth-order valence-corrected chi connectivity index (χ4v) is 2.15. The summed E-state index contributed by atoms with van der Waals surface area (Å²) in [5.41, 5.74) is 0.965. The van der Waals surface area contributed by atoms with Crippen LogP contribution in [0.5, 0.6) is 0 Å². The number of amides is 1. The highest BCUT2D eigenvalue weighted by Crippen LogP contribution is 2.17. The second-order valence-corrected chi connectivity index (χ2v) is 4.62. The normalized spacial score (nSPS) is 17.6. The number of Topliss-reactive ketones (excluding diaryl/α,β-unsaturated/α-hetero) is 1. The lowest BCUT2D eigenvalue weighted by atomic mass is 10.1. The van der Waals surface area contributed by atoms with Gasteiger partial charge in [0.25, 0.3) is 0 Å². The van der Waals surface area contributed by atoms with Crippen molar-refractivity contribution in [2.75, 3.05) is 6.54 Å². The van der Waals surface area contributed by atoms with Crippen molar-refractivity contribution in [2.45, 2.75) is 39.3 Å². The highest BCUT2D eigenvalue weighted by atomic mass is 16.3. The second kappa shape index (κ2) is 7.69. The number of aliphatic hydroxyl groups excluding tert-OH is 1. The molecule has 0 spiro atoms. The summed E-state index contributed by atoms with van der Waals surface area (Å²) in [5.74, 6) is 0.125. The number of hydrogen-bond donors (Lipinski definition) is 1. The van der Waals surface area contributed by atoms with Crippen LogP contribution in [0.15, 0.2) is 30.3 Å². The minimum Gasteiger partial charge on any atom is -0.392 e. The van der Waals surface area contributed by atoms with E-state index < -0.39 is 0 Å². The van der Waals surface area contributed by atoms with Gasteiger partial charge in [-0.2, -0.15) is 0 Å². The van der Waals surface area contributed by atoms with Gasteiger partial charge in [-0.1, -0.05) is 30.3 Å². The fraction of sp³-hybridized carbons (Fsp3) is 0.467. The number of rotatable bonds is 2.